The monoisotopic (exact) mass is 125 g/mol. The van der Waals surface area contributed by atoms with Crippen molar-refractivity contribution in [3.63, 3.8) is 0 Å². The van der Waals surface area contributed by atoms with Gasteiger partial charge in [0.25, 0.3) is 0 Å². The lowest BCUT2D eigenvalue weighted by molar-refractivity contribution is -0.121. The molecule has 2 heteroatoms. The van der Waals surface area contributed by atoms with Crippen molar-refractivity contribution in [1.82, 2.24) is 5.32 Å². The smallest absolute Gasteiger partial charge is 0.224 e. The van der Waals surface area contributed by atoms with Gasteiger partial charge in [0.05, 0.1) is 0 Å². The van der Waals surface area contributed by atoms with Gasteiger partial charge in [0.15, 0.2) is 0 Å². The number of nitrogens with one attached hydrogen (secondary N) is 1. The van der Waals surface area contributed by atoms with E-state index in [1.165, 1.54) is 5.57 Å². The number of amides is 1. The van der Waals surface area contributed by atoms with Crippen molar-refractivity contribution in [3.05, 3.63) is 11.8 Å². The van der Waals surface area contributed by atoms with Crippen LogP contribution < -0.4 is 5.32 Å². The minimum absolute atomic E-state index is 0.133. The third-order valence-electron chi connectivity index (χ3n) is 1.73. The predicted octanol–water partition coefficient (Wildman–Crippen LogP) is 1.05. The second-order valence-corrected chi connectivity index (χ2v) is 2.56. The summed E-state index contributed by atoms with van der Waals surface area (Å²) < 4.78 is 0. The molecular formula is C7H11NO. The first-order valence-corrected chi connectivity index (χ1v) is 3.16. The summed E-state index contributed by atoms with van der Waals surface area (Å²) in [5.41, 5.74) is 1.26. The molecule has 1 rings (SSSR count). The number of carbonyl (C=O) groups is 1. The van der Waals surface area contributed by atoms with E-state index < -0.39 is 0 Å². The van der Waals surface area contributed by atoms with Gasteiger partial charge < -0.3 is 5.32 Å². The maximum atomic E-state index is 10.7. The van der Waals surface area contributed by atoms with Gasteiger partial charge >= 0.3 is 0 Å². The SMILES string of the molecule is CC1=CNC(=O)CC1C. The van der Waals surface area contributed by atoms with Crippen molar-refractivity contribution in [3.8, 4) is 0 Å². The molecule has 0 aromatic carbocycles. The first-order chi connectivity index (χ1) is 4.20. The third-order valence-corrected chi connectivity index (χ3v) is 1.73. The normalized spacial score (nSPS) is 27.1. The zero-order valence-corrected chi connectivity index (χ0v) is 5.77. The van der Waals surface area contributed by atoms with Crippen molar-refractivity contribution in [2.75, 3.05) is 0 Å². The molecule has 9 heavy (non-hydrogen) atoms. The Morgan fingerprint density at radius 3 is 2.89 bits per heavy atom. The van der Waals surface area contributed by atoms with Crippen LogP contribution in [0.2, 0.25) is 0 Å². The van der Waals surface area contributed by atoms with E-state index in [2.05, 4.69) is 12.2 Å². The van der Waals surface area contributed by atoms with Gasteiger partial charge in [-0.2, -0.15) is 0 Å². The van der Waals surface area contributed by atoms with Gasteiger partial charge in [-0.05, 0) is 12.8 Å². The zero-order chi connectivity index (χ0) is 6.85. The van der Waals surface area contributed by atoms with Crippen LogP contribution in [0.25, 0.3) is 0 Å². The Labute approximate surface area is 54.9 Å². The van der Waals surface area contributed by atoms with Gasteiger partial charge in [0, 0.05) is 12.6 Å². The van der Waals surface area contributed by atoms with Crippen molar-refractivity contribution in [1.29, 1.82) is 0 Å². The molecule has 0 aromatic rings. The molecule has 1 aliphatic rings. The van der Waals surface area contributed by atoms with E-state index in [1.807, 2.05) is 6.92 Å². The van der Waals surface area contributed by atoms with Crippen LogP contribution in [-0.4, -0.2) is 5.91 Å². The largest absolute Gasteiger partial charge is 0.333 e. The van der Waals surface area contributed by atoms with Crippen LogP contribution in [-0.2, 0) is 4.79 Å². The lowest BCUT2D eigenvalue weighted by Crippen LogP contribution is -2.25. The fourth-order valence-electron chi connectivity index (χ4n) is 0.835. The standard InChI is InChI=1S/C7H11NO/c1-5-3-7(9)8-4-6(5)2/h4-5H,3H2,1-2H3,(H,8,9). The van der Waals surface area contributed by atoms with E-state index in [0.717, 1.165) is 0 Å². The topological polar surface area (TPSA) is 29.1 Å². The Bertz CT molecular complexity index is 160. The summed E-state index contributed by atoms with van der Waals surface area (Å²) in [7, 11) is 0. The lowest BCUT2D eigenvalue weighted by Gasteiger charge is -2.16. The Kier molecular flexibility index (Phi) is 1.56. The molecular weight excluding hydrogens is 114 g/mol. The van der Waals surface area contributed by atoms with E-state index in [4.69, 9.17) is 0 Å². The quantitative estimate of drug-likeness (QED) is 0.515. The minimum Gasteiger partial charge on any atom is -0.333 e. The van der Waals surface area contributed by atoms with Crippen LogP contribution in [0.15, 0.2) is 11.8 Å². The van der Waals surface area contributed by atoms with Crippen molar-refractivity contribution in [2.45, 2.75) is 20.3 Å². The average Bonchev–Trinajstić information content (AvgIpc) is 1.80. The second-order valence-electron chi connectivity index (χ2n) is 2.56. The van der Waals surface area contributed by atoms with E-state index in [-0.39, 0.29) is 5.91 Å². The molecule has 0 fully saturated rings. The number of allylic oxidation sites excluding steroid dienone is 1. The zero-order valence-electron chi connectivity index (χ0n) is 5.77. The molecule has 50 valence electrons. The minimum atomic E-state index is 0.133. The van der Waals surface area contributed by atoms with Crippen molar-refractivity contribution < 1.29 is 4.79 Å². The highest BCUT2D eigenvalue weighted by molar-refractivity contribution is 5.78. The van der Waals surface area contributed by atoms with Crippen molar-refractivity contribution in [2.24, 2.45) is 5.92 Å². The van der Waals surface area contributed by atoms with Gasteiger partial charge in [-0.15, -0.1) is 0 Å². The Morgan fingerprint density at radius 2 is 2.44 bits per heavy atom. The van der Waals surface area contributed by atoms with Gasteiger partial charge in [0.1, 0.15) is 0 Å². The average molecular weight is 125 g/mol. The Balaban J connectivity index is 2.67. The molecule has 0 aliphatic carbocycles. The first-order valence-electron chi connectivity index (χ1n) is 3.16. The molecule has 1 atom stereocenters. The molecule has 0 spiro atoms. The van der Waals surface area contributed by atoms with Gasteiger partial charge in [-0.3, -0.25) is 4.79 Å². The van der Waals surface area contributed by atoms with E-state index >= 15 is 0 Å². The van der Waals surface area contributed by atoms with Crippen molar-refractivity contribution >= 4 is 5.91 Å². The molecule has 1 aliphatic heterocycles. The van der Waals surface area contributed by atoms with Gasteiger partial charge in [-0.25, -0.2) is 0 Å². The molecule has 0 radical (unpaired) electrons. The highest BCUT2D eigenvalue weighted by Crippen LogP contribution is 2.15. The number of hydrogen-bond acceptors (Lipinski definition) is 1. The fraction of sp³-hybridized carbons (Fsp3) is 0.571. The Hall–Kier alpha value is -0.790. The van der Waals surface area contributed by atoms with Crippen LogP contribution in [0.3, 0.4) is 0 Å². The van der Waals surface area contributed by atoms with E-state index in [1.54, 1.807) is 6.20 Å². The highest BCUT2D eigenvalue weighted by atomic mass is 16.1. The molecule has 0 aromatic heterocycles. The fourth-order valence-corrected chi connectivity index (χ4v) is 0.835. The predicted molar refractivity (Wildman–Crippen MR) is 35.7 cm³/mol. The number of rotatable bonds is 0. The summed E-state index contributed by atoms with van der Waals surface area (Å²) in [4.78, 5) is 10.7. The number of hydrogen-bond donors (Lipinski definition) is 1. The summed E-state index contributed by atoms with van der Waals surface area (Å²) in [5.74, 6) is 0.562. The van der Waals surface area contributed by atoms with Crippen LogP contribution >= 0.6 is 0 Å². The van der Waals surface area contributed by atoms with Gasteiger partial charge in [0.2, 0.25) is 5.91 Å². The molecule has 0 saturated heterocycles. The molecule has 1 N–H and O–H groups in total. The van der Waals surface area contributed by atoms with Gasteiger partial charge in [-0.1, -0.05) is 12.5 Å². The highest BCUT2D eigenvalue weighted by Gasteiger charge is 2.13. The summed E-state index contributed by atoms with van der Waals surface area (Å²) in [5, 5.41) is 2.66. The summed E-state index contributed by atoms with van der Waals surface area (Å²) >= 11 is 0. The first kappa shape index (κ1) is 6.33. The Morgan fingerprint density at radius 1 is 1.78 bits per heavy atom. The third kappa shape index (κ3) is 1.31. The molecule has 2 nitrogen and oxygen atoms in total. The summed E-state index contributed by atoms with van der Waals surface area (Å²) in [6.07, 6.45) is 2.43. The van der Waals surface area contributed by atoms with Crippen LogP contribution in [0.4, 0.5) is 0 Å². The van der Waals surface area contributed by atoms with E-state index in [0.29, 0.717) is 12.3 Å². The van der Waals surface area contributed by atoms with E-state index in [9.17, 15) is 4.79 Å². The maximum Gasteiger partial charge on any atom is 0.224 e. The molecule has 1 heterocycles. The number of carbonyl (C=O) groups excluding carboxylic acids is 1. The molecule has 1 amide bonds. The second kappa shape index (κ2) is 2.21. The lowest BCUT2D eigenvalue weighted by atomic mass is 9.97. The van der Waals surface area contributed by atoms with Crippen LogP contribution in [0.1, 0.15) is 20.3 Å². The molecule has 0 bridgehead atoms. The van der Waals surface area contributed by atoms with Crippen LogP contribution in [0, 0.1) is 5.92 Å². The van der Waals surface area contributed by atoms with Crippen LogP contribution in [0.5, 0.6) is 0 Å². The summed E-state index contributed by atoms with van der Waals surface area (Å²) in [6, 6.07) is 0. The summed E-state index contributed by atoms with van der Waals surface area (Å²) in [6.45, 7) is 4.09. The molecule has 1 unspecified atom stereocenters. The molecule has 0 saturated carbocycles. The maximum absolute atomic E-state index is 10.7.